The zero-order valence-corrected chi connectivity index (χ0v) is 9.27. The summed E-state index contributed by atoms with van der Waals surface area (Å²) in [4.78, 5) is 4.22. The Labute approximate surface area is 86.9 Å². The van der Waals surface area contributed by atoms with E-state index in [0.29, 0.717) is 6.54 Å². The Balaban J connectivity index is 2.70. The molecule has 1 rings (SSSR count). The fourth-order valence-electron chi connectivity index (χ4n) is 0.942. The standard InChI is InChI=1S/C10H11BrN2/c1-3-4-5-12-10-8(2)6-9(11)7-13-10/h6-7H,5H2,1-2H3,(H,12,13). The van der Waals surface area contributed by atoms with E-state index in [0.717, 1.165) is 15.9 Å². The van der Waals surface area contributed by atoms with Crippen molar-refractivity contribution in [2.24, 2.45) is 0 Å². The van der Waals surface area contributed by atoms with Gasteiger partial charge in [0.1, 0.15) is 5.82 Å². The quantitative estimate of drug-likeness (QED) is 0.802. The Morgan fingerprint density at radius 1 is 1.62 bits per heavy atom. The van der Waals surface area contributed by atoms with Gasteiger partial charge in [0.25, 0.3) is 0 Å². The minimum atomic E-state index is 0.645. The van der Waals surface area contributed by atoms with Crippen molar-refractivity contribution >= 4 is 21.7 Å². The summed E-state index contributed by atoms with van der Waals surface area (Å²) in [5.74, 6) is 6.64. The first kappa shape index (κ1) is 10.1. The van der Waals surface area contributed by atoms with E-state index < -0.39 is 0 Å². The summed E-state index contributed by atoms with van der Waals surface area (Å²) in [6, 6.07) is 2.02. The van der Waals surface area contributed by atoms with E-state index in [2.05, 4.69) is 38.1 Å². The highest BCUT2D eigenvalue weighted by atomic mass is 79.9. The number of halogens is 1. The van der Waals surface area contributed by atoms with Gasteiger partial charge < -0.3 is 5.32 Å². The molecule has 0 bridgehead atoms. The van der Waals surface area contributed by atoms with Crippen LogP contribution in [0.2, 0.25) is 0 Å². The number of anilines is 1. The molecule has 0 aliphatic rings. The third kappa shape index (κ3) is 3.08. The van der Waals surface area contributed by atoms with Gasteiger partial charge in [-0.3, -0.25) is 0 Å². The van der Waals surface area contributed by atoms with Crippen LogP contribution in [0.15, 0.2) is 16.7 Å². The molecule has 0 radical (unpaired) electrons. The Hall–Kier alpha value is -1.01. The molecule has 0 saturated heterocycles. The first-order valence-corrected chi connectivity index (χ1v) is 4.79. The lowest BCUT2D eigenvalue weighted by Gasteiger charge is -2.04. The van der Waals surface area contributed by atoms with Crippen molar-refractivity contribution in [3.05, 3.63) is 22.3 Å². The van der Waals surface area contributed by atoms with Crippen LogP contribution in [0.25, 0.3) is 0 Å². The summed E-state index contributed by atoms with van der Waals surface area (Å²) in [7, 11) is 0. The van der Waals surface area contributed by atoms with Gasteiger partial charge in [-0.25, -0.2) is 4.98 Å². The van der Waals surface area contributed by atoms with Crippen LogP contribution in [0, 0.1) is 18.8 Å². The van der Waals surface area contributed by atoms with Crippen LogP contribution in [0.1, 0.15) is 12.5 Å². The van der Waals surface area contributed by atoms with Gasteiger partial charge >= 0.3 is 0 Å². The Kier molecular flexibility index (Phi) is 3.78. The van der Waals surface area contributed by atoms with Crippen LogP contribution < -0.4 is 5.32 Å². The van der Waals surface area contributed by atoms with Crippen LogP contribution in [-0.2, 0) is 0 Å². The summed E-state index contributed by atoms with van der Waals surface area (Å²) in [5.41, 5.74) is 1.12. The first-order chi connectivity index (χ1) is 6.24. The van der Waals surface area contributed by atoms with Crippen molar-refractivity contribution in [3.63, 3.8) is 0 Å². The van der Waals surface area contributed by atoms with Crippen LogP contribution in [0.5, 0.6) is 0 Å². The maximum atomic E-state index is 4.22. The zero-order valence-electron chi connectivity index (χ0n) is 7.69. The molecule has 0 atom stereocenters. The van der Waals surface area contributed by atoms with Gasteiger partial charge in [0.15, 0.2) is 0 Å². The number of hydrogen-bond acceptors (Lipinski definition) is 2. The second-order valence-electron chi connectivity index (χ2n) is 2.60. The summed E-state index contributed by atoms with van der Waals surface area (Å²) in [5, 5.41) is 3.14. The number of aromatic nitrogens is 1. The van der Waals surface area contributed by atoms with Crippen molar-refractivity contribution < 1.29 is 0 Å². The number of hydrogen-bond donors (Lipinski definition) is 1. The number of aryl methyl sites for hydroxylation is 1. The fourth-order valence-corrected chi connectivity index (χ4v) is 1.39. The second-order valence-corrected chi connectivity index (χ2v) is 3.52. The summed E-state index contributed by atoms with van der Waals surface area (Å²) in [6.45, 7) is 4.48. The van der Waals surface area contributed by atoms with Gasteiger partial charge in [-0.05, 0) is 41.4 Å². The Morgan fingerprint density at radius 3 is 3.00 bits per heavy atom. The van der Waals surface area contributed by atoms with Gasteiger partial charge in [-0.2, -0.15) is 0 Å². The molecule has 1 N–H and O–H groups in total. The molecule has 0 amide bonds. The molecule has 1 aromatic heterocycles. The van der Waals surface area contributed by atoms with Crippen molar-refractivity contribution in [1.82, 2.24) is 4.98 Å². The van der Waals surface area contributed by atoms with E-state index in [1.807, 2.05) is 19.9 Å². The summed E-state index contributed by atoms with van der Waals surface area (Å²) >= 11 is 3.36. The predicted molar refractivity (Wildman–Crippen MR) is 58.6 cm³/mol. The molecule has 1 heterocycles. The minimum Gasteiger partial charge on any atom is -0.359 e. The summed E-state index contributed by atoms with van der Waals surface area (Å²) in [6.07, 6.45) is 1.77. The lowest BCUT2D eigenvalue weighted by Crippen LogP contribution is -2.02. The topological polar surface area (TPSA) is 24.9 Å². The molecule has 0 spiro atoms. The molecule has 1 aromatic rings. The Bertz CT molecular complexity index is 350. The van der Waals surface area contributed by atoms with E-state index >= 15 is 0 Å². The largest absolute Gasteiger partial charge is 0.359 e. The number of nitrogens with zero attached hydrogens (tertiary/aromatic N) is 1. The van der Waals surface area contributed by atoms with Crippen LogP contribution >= 0.6 is 15.9 Å². The molecular formula is C10H11BrN2. The van der Waals surface area contributed by atoms with Gasteiger partial charge in [-0.1, -0.05) is 5.92 Å². The molecule has 13 heavy (non-hydrogen) atoms. The molecule has 0 saturated carbocycles. The lowest BCUT2D eigenvalue weighted by atomic mass is 10.3. The fraction of sp³-hybridized carbons (Fsp3) is 0.300. The smallest absolute Gasteiger partial charge is 0.129 e. The van der Waals surface area contributed by atoms with Crippen LogP contribution in [-0.4, -0.2) is 11.5 Å². The molecule has 0 aliphatic carbocycles. The molecule has 68 valence electrons. The monoisotopic (exact) mass is 238 g/mol. The summed E-state index contributed by atoms with van der Waals surface area (Å²) < 4.78 is 0.997. The van der Waals surface area contributed by atoms with Crippen molar-refractivity contribution in [2.45, 2.75) is 13.8 Å². The average Bonchev–Trinajstić information content (AvgIpc) is 2.09. The van der Waals surface area contributed by atoms with Gasteiger partial charge in [0, 0.05) is 10.7 Å². The highest BCUT2D eigenvalue weighted by Crippen LogP contribution is 2.16. The van der Waals surface area contributed by atoms with Crippen molar-refractivity contribution in [1.29, 1.82) is 0 Å². The van der Waals surface area contributed by atoms with Crippen molar-refractivity contribution in [2.75, 3.05) is 11.9 Å². The molecule has 3 heteroatoms. The third-order valence-electron chi connectivity index (χ3n) is 1.57. The van der Waals surface area contributed by atoms with E-state index in [1.165, 1.54) is 0 Å². The van der Waals surface area contributed by atoms with Crippen LogP contribution in [0.4, 0.5) is 5.82 Å². The predicted octanol–water partition coefficient (Wildman–Crippen LogP) is 2.59. The maximum Gasteiger partial charge on any atom is 0.129 e. The zero-order chi connectivity index (χ0) is 9.68. The SMILES string of the molecule is CC#CCNc1ncc(Br)cc1C. The van der Waals surface area contributed by atoms with Gasteiger partial charge in [0.05, 0.1) is 6.54 Å². The number of pyridine rings is 1. The van der Waals surface area contributed by atoms with E-state index in [4.69, 9.17) is 0 Å². The molecular weight excluding hydrogens is 228 g/mol. The normalized spacial score (nSPS) is 8.85. The Morgan fingerprint density at radius 2 is 2.38 bits per heavy atom. The van der Waals surface area contributed by atoms with Gasteiger partial charge in [-0.15, -0.1) is 5.92 Å². The number of rotatable bonds is 2. The number of nitrogens with one attached hydrogen (secondary N) is 1. The van der Waals surface area contributed by atoms with Crippen molar-refractivity contribution in [3.8, 4) is 11.8 Å². The lowest BCUT2D eigenvalue weighted by molar-refractivity contribution is 1.19. The molecule has 0 aromatic carbocycles. The average molecular weight is 239 g/mol. The molecule has 0 fully saturated rings. The maximum absolute atomic E-state index is 4.22. The second kappa shape index (κ2) is 4.88. The molecule has 2 nitrogen and oxygen atoms in total. The van der Waals surface area contributed by atoms with Crippen LogP contribution in [0.3, 0.4) is 0 Å². The molecule has 0 aliphatic heterocycles. The molecule has 0 unspecified atom stereocenters. The van der Waals surface area contributed by atoms with E-state index in [-0.39, 0.29) is 0 Å². The van der Waals surface area contributed by atoms with E-state index in [1.54, 1.807) is 6.20 Å². The first-order valence-electron chi connectivity index (χ1n) is 3.99. The highest BCUT2D eigenvalue weighted by molar-refractivity contribution is 9.10. The van der Waals surface area contributed by atoms with Gasteiger partial charge in [0.2, 0.25) is 0 Å². The third-order valence-corrected chi connectivity index (χ3v) is 2.00. The highest BCUT2D eigenvalue weighted by Gasteiger charge is 1.97. The minimum absolute atomic E-state index is 0.645. The van der Waals surface area contributed by atoms with E-state index in [9.17, 15) is 0 Å².